The van der Waals surface area contributed by atoms with Gasteiger partial charge >= 0.3 is 0 Å². The van der Waals surface area contributed by atoms with Crippen molar-refractivity contribution < 1.29 is 4.42 Å². The van der Waals surface area contributed by atoms with Crippen LogP contribution in [0.15, 0.2) is 178 Å². The van der Waals surface area contributed by atoms with Crippen molar-refractivity contribution in [2.24, 2.45) is 9.98 Å². The summed E-state index contributed by atoms with van der Waals surface area (Å²) in [5, 5.41) is 13.2. The van der Waals surface area contributed by atoms with E-state index in [1.54, 1.807) is 0 Å². The Morgan fingerprint density at radius 2 is 1.14 bits per heavy atom. The summed E-state index contributed by atoms with van der Waals surface area (Å²) in [6.45, 7) is 0. The number of hydrogen-bond donors (Lipinski definition) is 1. The third kappa shape index (κ3) is 4.61. The molecule has 0 aliphatic carbocycles. The number of nitrogens with zero attached hydrogens (tertiary/aromatic N) is 2. The first-order chi connectivity index (χ1) is 24.3. The molecule has 230 valence electrons. The van der Waals surface area contributed by atoms with E-state index in [1.807, 2.05) is 30.3 Å². The average Bonchev–Trinajstić information content (AvgIpc) is 3.56. The van der Waals surface area contributed by atoms with Gasteiger partial charge in [0.2, 0.25) is 0 Å². The lowest BCUT2D eigenvalue weighted by Gasteiger charge is -2.26. The zero-order chi connectivity index (χ0) is 32.3. The second-order valence-corrected chi connectivity index (χ2v) is 12.6. The maximum atomic E-state index is 6.44. The van der Waals surface area contributed by atoms with Crippen molar-refractivity contribution in [2.45, 2.75) is 6.17 Å². The lowest BCUT2D eigenvalue weighted by Crippen LogP contribution is -2.34. The van der Waals surface area contributed by atoms with Crippen molar-refractivity contribution in [2.75, 3.05) is 0 Å². The lowest BCUT2D eigenvalue weighted by molar-refractivity contribution is 0.663. The molecule has 0 saturated heterocycles. The molecule has 1 aliphatic heterocycles. The van der Waals surface area contributed by atoms with Gasteiger partial charge in [0.25, 0.3) is 0 Å². The summed E-state index contributed by atoms with van der Waals surface area (Å²) in [6.07, 6.45) is -0.443. The predicted octanol–water partition coefficient (Wildman–Crippen LogP) is 11.2. The summed E-state index contributed by atoms with van der Waals surface area (Å²) >= 11 is 0. The van der Waals surface area contributed by atoms with Crippen LogP contribution >= 0.6 is 0 Å². The molecule has 2 heterocycles. The summed E-state index contributed by atoms with van der Waals surface area (Å²) < 4.78 is 6.44. The molecule has 0 bridgehead atoms. The molecule has 0 saturated carbocycles. The van der Waals surface area contributed by atoms with E-state index >= 15 is 0 Å². The molecule has 1 aromatic heterocycles. The summed E-state index contributed by atoms with van der Waals surface area (Å²) in [5.41, 5.74) is 6.95. The SMILES string of the molecule is c1ccc(C2=NC(c3c(-c4ccc5ccccc5c4)ccc4oc5ccccc5c34)NC(c3ccc4c(ccc5ccccc54)c3)=N2)cc1. The minimum atomic E-state index is -0.443. The van der Waals surface area contributed by atoms with Crippen LogP contribution in [0.5, 0.6) is 0 Å². The van der Waals surface area contributed by atoms with Gasteiger partial charge in [-0.1, -0.05) is 140 Å². The summed E-state index contributed by atoms with van der Waals surface area (Å²) in [5.74, 6) is 1.47. The fraction of sp³-hybridized carbons (Fsp3) is 0.0222. The fourth-order valence-corrected chi connectivity index (χ4v) is 7.36. The van der Waals surface area contributed by atoms with Crippen LogP contribution in [0.4, 0.5) is 0 Å². The first-order valence-corrected chi connectivity index (χ1v) is 16.6. The molecule has 1 aliphatic rings. The number of furan rings is 1. The van der Waals surface area contributed by atoms with E-state index in [2.05, 4.69) is 139 Å². The number of benzene rings is 8. The van der Waals surface area contributed by atoms with Gasteiger partial charge in [0.1, 0.15) is 23.2 Å². The number of hydrogen-bond acceptors (Lipinski definition) is 4. The molecule has 49 heavy (non-hydrogen) atoms. The van der Waals surface area contributed by atoms with Crippen LogP contribution in [-0.2, 0) is 0 Å². The maximum Gasteiger partial charge on any atom is 0.159 e. The van der Waals surface area contributed by atoms with Crippen molar-refractivity contribution in [3.8, 4) is 11.1 Å². The zero-order valence-corrected chi connectivity index (χ0v) is 26.5. The third-order valence-corrected chi connectivity index (χ3v) is 9.71. The molecule has 1 N–H and O–H groups in total. The highest BCUT2D eigenvalue weighted by Crippen LogP contribution is 2.42. The monoisotopic (exact) mass is 627 g/mol. The molecular formula is C45H29N3O. The summed E-state index contributed by atoms with van der Waals surface area (Å²) in [7, 11) is 0. The van der Waals surface area contributed by atoms with E-state index in [1.165, 1.54) is 32.3 Å². The standard InChI is InChI=1S/C45H29N3O/c1-2-12-30(13-3-1)43-46-44(34-22-23-36-32(27-34)21-19-29-11-6-7-15-35(29)36)48-45(47-43)42-37(33-20-18-28-10-4-5-14-31(28)26-33)24-25-40-41(42)38-16-8-9-17-39(38)49-40/h1-27,45H,(H,46,47,48). The second kappa shape index (κ2) is 11.0. The largest absolute Gasteiger partial charge is 0.456 e. The Kier molecular flexibility index (Phi) is 6.21. The van der Waals surface area contributed by atoms with E-state index in [0.29, 0.717) is 5.84 Å². The van der Waals surface area contributed by atoms with Crippen LogP contribution in [0, 0.1) is 0 Å². The Hall–Kier alpha value is -6.52. The fourth-order valence-electron chi connectivity index (χ4n) is 7.36. The quantitative estimate of drug-likeness (QED) is 0.197. The maximum absolute atomic E-state index is 6.44. The van der Waals surface area contributed by atoms with Crippen LogP contribution in [0.25, 0.3) is 65.4 Å². The van der Waals surface area contributed by atoms with Gasteiger partial charge < -0.3 is 9.73 Å². The van der Waals surface area contributed by atoms with Gasteiger partial charge in [-0.15, -0.1) is 0 Å². The summed E-state index contributed by atoms with van der Waals surface area (Å²) in [4.78, 5) is 10.5. The minimum Gasteiger partial charge on any atom is -0.456 e. The number of aliphatic imine (C=N–C) groups is 2. The highest BCUT2D eigenvalue weighted by atomic mass is 16.3. The Morgan fingerprint density at radius 3 is 2.04 bits per heavy atom. The van der Waals surface area contributed by atoms with E-state index < -0.39 is 6.17 Å². The third-order valence-electron chi connectivity index (χ3n) is 9.71. The molecule has 1 unspecified atom stereocenters. The smallest absolute Gasteiger partial charge is 0.159 e. The van der Waals surface area contributed by atoms with Gasteiger partial charge in [-0.2, -0.15) is 0 Å². The summed E-state index contributed by atoms with van der Waals surface area (Å²) in [6, 6.07) is 57.5. The molecule has 0 fully saturated rings. The first kappa shape index (κ1) is 27.6. The van der Waals surface area contributed by atoms with Crippen molar-refractivity contribution in [3.05, 3.63) is 180 Å². The first-order valence-electron chi connectivity index (χ1n) is 16.6. The van der Waals surface area contributed by atoms with Crippen LogP contribution in [0.2, 0.25) is 0 Å². The number of fused-ring (bicyclic) bond motifs is 7. The number of nitrogens with one attached hydrogen (secondary N) is 1. The topological polar surface area (TPSA) is 49.9 Å². The Labute approximate surface area is 282 Å². The number of amidine groups is 2. The lowest BCUT2D eigenvalue weighted by atomic mass is 9.91. The molecule has 8 aromatic carbocycles. The highest BCUT2D eigenvalue weighted by molar-refractivity contribution is 6.16. The molecule has 0 radical (unpaired) electrons. The van der Waals surface area contributed by atoms with Gasteiger partial charge in [0, 0.05) is 27.5 Å². The molecule has 10 rings (SSSR count). The zero-order valence-electron chi connectivity index (χ0n) is 26.5. The van der Waals surface area contributed by atoms with Crippen LogP contribution < -0.4 is 5.32 Å². The van der Waals surface area contributed by atoms with E-state index in [0.717, 1.165) is 55.6 Å². The number of rotatable bonds is 4. The molecular weight excluding hydrogens is 599 g/mol. The molecule has 0 spiro atoms. The van der Waals surface area contributed by atoms with Crippen molar-refractivity contribution in [1.29, 1.82) is 0 Å². The van der Waals surface area contributed by atoms with E-state index in [4.69, 9.17) is 14.4 Å². The van der Waals surface area contributed by atoms with Gasteiger partial charge in [0.05, 0.1) is 0 Å². The van der Waals surface area contributed by atoms with Gasteiger partial charge in [-0.3, -0.25) is 0 Å². The Balaban J connectivity index is 1.21. The average molecular weight is 628 g/mol. The van der Waals surface area contributed by atoms with Crippen molar-refractivity contribution >= 4 is 65.9 Å². The molecule has 0 amide bonds. The van der Waals surface area contributed by atoms with Crippen molar-refractivity contribution in [3.63, 3.8) is 0 Å². The predicted molar refractivity (Wildman–Crippen MR) is 204 cm³/mol. The van der Waals surface area contributed by atoms with Crippen LogP contribution in [0.3, 0.4) is 0 Å². The highest BCUT2D eigenvalue weighted by Gasteiger charge is 2.28. The minimum absolute atomic E-state index is 0.443. The second-order valence-electron chi connectivity index (χ2n) is 12.6. The van der Waals surface area contributed by atoms with Crippen LogP contribution in [-0.4, -0.2) is 11.7 Å². The van der Waals surface area contributed by atoms with Gasteiger partial charge in [0.15, 0.2) is 5.84 Å². The number of para-hydroxylation sites is 1. The van der Waals surface area contributed by atoms with E-state index in [-0.39, 0.29) is 0 Å². The molecule has 4 heteroatoms. The van der Waals surface area contributed by atoms with Crippen LogP contribution in [0.1, 0.15) is 22.9 Å². The van der Waals surface area contributed by atoms with E-state index in [9.17, 15) is 0 Å². The molecule has 1 atom stereocenters. The molecule has 9 aromatic rings. The van der Waals surface area contributed by atoms with Crippen molar-refractivity contribution in [1.82, 2.24) is 5.32 Å². The Bertz CT molecular complexity index is 2810. The Morgan fingerprint density at radius 1 is 0.469 bits per heavy atom. The molecule has 4 nitrogen and oxygen atoms in total. The normalized spacial score (nSPS) is 14.7. The van der Waals surface area contributed by atoms with Gasteiger partial charge in [-0.05, 0) is 67.7 Å². The van der Waals surface area contributed by atoms with Gasteiger partial charge in [-0.25, -0.2) is 9.98 Å².